The number of carbonyl (C=O) groups excluding carboxylic acids is 2. The van der Waals surface area contributed by atoms with Crippen molar-refractivity contribution in [2.45, 2.75) is 45.6 Å². The van der Waals surface area contributed by atoms with Crippen LogP contribution < -0.4 is 20.1 Å². The first-order chi connectivity index (χ1) is 17.8. The van der Waals surface area contributed by atoms with E-state index in [-0.39, 0.29) is 5.57 Å². The number of carbonyl (C=O) groups is 2. The van der Waals surface area contributed by atoms with Crippen LogP contribution in [0.2, 0.25) is 0 Å². The lowest BCUT2D eigenvalue weighted by atomic mass is 9.78. The number of nitrogens with one attached hydrogen (secondary N) is 2. The lowest BCUT2D eigenvalue weighted by Gasteiger charge is -2.37. The summed E-state index contributed by atoms with van der Waals surface area (Å²) in [7, 11) is 1.59. The lowest BCUT2D eigenvalue weighted by Crippen LogP contribution is -2.49. The van der Waals surface area contributed by atoms with Gasteiger partial charge in [-0.15, -0.1) is 0 Å². The fraction of sp³-hybridized carbons (Fsp3) is 0.290. The zero-order chi connectivity index (χ0) is 26.4. The van der Waals surface area contributed by atoms with E-state index in [0.717, 1.165) is 35.3 Å². The zero-order valence-corrected chi connectivity index (χ0v) is 21.9. The number of hydrogen-bond donors (Lipinski definition) is 2. The summed E-state index contributed by atoms with van der Waals surface area (Å²) in [6, 6.07) is 22.8. The summed E-state index contributed by atoms with van der Waals surface area (Å²) in [5, 5.41) is 5.98. The maximum atomic E-state index is 13.5. The van der Waals surface area contributed by atoms with Gasteiger partial charge in [-0.25, -0.2) is 0 Å². The fourth-order valence-corrected chi connectivity index (χ4v) is 4.47. The average molecular weight is 499 g/mol. The van der Waals surface area contributed by atoms with Gasteiger partial charge >= 0.3 is 0 Å². The number of ether oxygens (including phenoxy) is 2. The van der Waals surface area contributed by atoms with Gasteiger partial charge < -0.3 is 20.1 Å². The topological polar surface area (TPSA) is 76.7 Å². The maximum absolute atomic E-state index is 13.5. The largest absolute Gasteiger partial charge is 0.497 e. The molecule has 0 radical (unpaired) electrons. The molecule has 1 aliphatic rings. The van der Waals surface area contributed by atoms with Crippen molar-refractivity contribution >= 4 is 23.1 Å². The molecule has 2 N–H and O–H groups in total. The number of amides is 2. The second-order valence-corrected chi connectivity index (χ2v) is 9.59. The molecule has 3 aromatic carbocycles. The van der Waals surface area contributed by atoms with Crippen LogP contribution in [0.1, 0.15) is 49.8 Å². The highest BCUT2D eigenvalue weighted by molar-refractivity contribution is 6.28. The number of hydrogen-bond acceptors (Lipinski definition) is 4. The van der Waals surface area contributed by atoms with Gasteiger partial charge in [0, 0.05) is 12.1 Å². The van der Waals surface area contributed by atoms with Gasteiger partial charge in [0.15, 0.2) is 0 Å². The Bertz CT molecular complexity index is 1280. The molecule has 0 saturated carbocycles. The molecule has 192 valence electrons. The molecule has 0 saturated heterocycles. The van der Waals surface area contributed by atoms with Crippen molar-refractivity contribution in [2.24, 2.45) is 0 Å². The molecular weight excluding hydrogens is 464 g/mol. The van der Waals surface area contributed by atoms with Gasteiger partial charge in [0.05, 0.1) is 19.3 Å². The summed E-state index contributed by atoms with van der Waals surface area (Å²) in [6.07, 6.45) is 2.54. The van der Waals surface area contributed by atoms with Crippen molar-refractivity contribution < 1.29 is 19.1 Å². The first-order valence-corrected chi connectivity index (χ1v) is 12.6. The molecule has 0 spiro atoms. The minimum atomic E-state index is -0.691. The highest BCUT2D eigenvalue weighted by Gasteiger charge is 2.39. The van der Waals surface area contributed by atoms with Crippen molar-refractivity contribution in [3.05, 3.63) is 95.1 Å². The quantitative estimate of drug-likeness (QED) is 0.280. The van der Waals surface area contributed by atoms with Crippen molar-refractivity contribution in [1.82, 2.24) is 5.32 Å². The normalized spacial score (nSPS) is 17.2. The van der Waals surface area contributed by atoms with Crippen LogP contribution in [0.5, 0.6) is 11.5 Å². The third-order valence-electron chi connectivity index (χ3n) is 6.68. The minimum absolute atomic E-state index is 0.122. The number of unbranched alkanes of at least 4 members (excludes halogenated alkanes) is 1. The van der Waals surface area contributed by atoms with Crippen molar-refractivity contribution in [2.75, 3.05) is 19.0 Å². The van der Waals surface area contributed by atoms with Gasteiger partial charge in [-0.05, 0) is 73.4 Å². The van der Waals surface area contributed by atoms with E-state index in [0.29, 0.717) is 30.0 Å². The molecule has 3 aromatic rings. The predicted octanol–water partition coefficient (Wildman–Crippen LogP) is 6.01. The molecule has 6 heteroatoms. The summed E-state index contributed by atoms with van der Waals surface area (Å²) in [5.41, 5.74) is 3.63. The van der Waals surface area contributed by atoms with E-state index >= 15 is 0 Å². The maximum Gasteiger partial charge on any atom is 0.261 e. The molecule has 2 amide bonds. The van der Waals surface area contributed by atoms with Crippen molar-refractivity contribution in [3.63, 3.8) is 0 Å². The first kappa shape index (κ1) is 26.0. The van der Waals surface area contributed by atoms with Gasteiger partial charge in [-0.3, -0.25) is 9.59 Å². The Morgan fingerprint density at radius 1 is 0.973 bits per heavy atom. The zero-order valence-electron chi connectivity index (χ0n) is 21.9. The van der Waals surface area contributed by atoms with Gasteiger partial charge in [0.25, 0.3) is 11.8 Å². The summed E-state index contributed by atoms with van der Waals surface area (Å²) in [5.74, 6) is 0.640. The molecule has 4 rings (SSSR count). The summed E-state index contributed by atoms with van der Waals surface area (Å²) in [4.78, 5) is 27.0. The Morgan fingerprint density at radius 3 is 2.24 bits per heavy atom. The van der Waals surface area contributed by atoms with Gasteiger partial charge in [0.2, 0.25) is 0 Å². The molecule has 1 unspecified atom stereocenters. The molecule has 0 fully saturated rings. The molecule has 1 aliphatic heterocycles. The number of methoxy groups -OCH3 is 1. The van der Waals surface area contributed by atoms with E-state index in [1.165, 1.54) is 0 Å². The Kier molecular flexibility index (Phi) is 7.97. The molecule has 6 nitrogen and oxygen atoms in total. The van der Waals surface area contributed by atoms with Gasteiger partial charge in [0.1, 0.15) is 17.1 Å². The van der Waals surface area contributed by atoms with Crippen molar-refractivity contribution in [3.8, 4) is 11.5 Å². The first-order valence-electron chi connectivity index (χ1n) is 12.6. The van der Waals surface area contributed by atoms with Crippen LogP contribution in [-0.4, -0.2) is 25.5 Å². The Labute approximate surface area is 218 Å². The van der Waals surface area contributed by atoms with Crippen LogP contribution in [0.15, 0.2) is 78.4 Å². The lowest BCUT2D eigenvalue weighted by molar-refractivity contribution is -0.123. The van der Waals surface area contributed by atoms with Gasteiger partial charge in [-0.1, -0.05) is 55.3 Å². The smallest absolute Gasteiger partial charge is 0.261 e. The molecule has 37 heavy (non-hydrogen) atoms. The predicted molar refractivity (Wildman–Crippen MR) is 147 cm³/mol. The monoisotopic (exact) mass is 498 g/mol. The molecule has 0 bridgehead atoms. The Morgan fingerprint density at radius 2 is 1.62 bits per heavy atom. The van der Waals surface area contributed by atoms with E-state index < -0.39 is 17.4 Å². The fourth-order valence-electron chi connectivity index (χ4n) is 4.47. The van der Waals surface area contributed by atoms with E-state index in [1.54, 1.807) is 31.4 Å². The van der Waals surface area contributed by atoms with E-state index in [2.05, 4.69) is 17.6 Å². The summed E-state index contributed by atoms with van der Waals surface area (Å²) < 4.78 is 11.0. The van der Waals surface area contributed by atoms with E-state index in [9.17, 15) is 9.59 Å². The Balaban J connectivity index is 1.67. The van der Waals surface area contributed by atoms with Crippen LogP contribution in [0.25, 0.3) is 5.57 Å². The number of anilines is 1. The summed E-state index contributed by atoms with van der Waals surface area (Å²) in [6.45, 7) is 6.81. The highest BCUT2D eigenvalue weighted by Crippen LogP contribution is 2.39. The Hall–Kier alpha value is -4.06. The third-order valence-corrected chi connectivity index (χ3v) is 6.68. The van der Waals surface area contributed by atoms with E-state index in [1.807, 2.05) is 62.4 Å². The number of rotatable bonds is 9. The number of aryl methyl sites for hydroxylation is 1. The summed E-state index contributed by atoms with van der Waals surface area (Å²) >= 11 is 0. The SMILES string of the molecule is CCCCOc1ccc(C2(C)CC(c3ccc(C)cc3)=C(C(=O)Nc3ccc(OC)cc3)C(=O)N2)cc1. The average Bonchev–Trinajstić information content (AvgIpc) is 2.89. The van der Waals surface area contributed by atoms with Crippen LogP contribution >= 0.6 is 0 Å². The molecule has 0 aliphatic carbocycles. The molecule has 0 aromatic heterocycles. The van der Waals surface area contributed by atoms with Gasteiger partial charge in [-0.2, -0.15) is 0 Å². The molecule has 1 heterocycles. The van der Waals surface area contributed by atoms with Crippen LogP contribution in [0.3, 0.4) is 0 Å². The van der Waals surface area contributed by atoms with Crippen LogP contribution in [0.4, 0.5) is 5.69 Å². The highest BCUT2D eigenvalue weighted by atomic mass is 16.5. The van der Waals surface area contributed by atoms with Crippen LogP contribution in [-0.2, 0) is 15.1 Å². The third kappa shape index (κ3) is 6.02. The second-order valence-electron chi connectivity index (χ2n) is 9.59. The molecule has 1 atom stereocenters. The van der Waals surface area contributed by atoms with Crippen molar-refractivity contribution in [1.29, 1.82) is 0 Å². The van der Waals surface area contributed by atoms with E-state index in [4.69, 9.17) is 9.47 Å². The number of benzene rings is 3. The minimum Gasteiger partial charge on any atom is -0.497 e. The standard InChI is InChI=1S/C31H34N2O4/c1-5-6-19-37-26-15-11-23(12-16-26)31(3)20-27(22-9-7-21(2)8-10-22)28(30(35)33-31)29(34)32-24-13-17-25(36-4)18-14-24/h7-18H,5-6,19-20H2,1-4H3,(H,32,34)(H,33,35). The van der Waals surface area contributed by atoms with Crippen LogP contribution in [0, 0.1) is 6.92 Å². The second kappa shape index (κ2) is 11.3. The molecular formula is C31H34N2O4.